The molecule has 3 rings (SSSR count). The number of hydrogen-bond acceptors (Lipinski definition) is 6. The average Bonchev–Trinajstić information content (AvgIpc) is 3.34. The number of aromatic nitrogens is 3. The van der Waals surface area contributed by atoms with Crippen molar-refractivity contribution < 1.29 is 8.94 Å². The van der Waals surface area contributed by atoms with Crippen molar-refractivity contribution in [2.24, 2.45) is 4.99 Å². The average molecular weight is 524 g/mol. The molecule has 3 aromatic rings. The van der Waals surface area contributed by atoms with Gasteiger partial charge in [0.15, 0.2) is 11.8 Å². The zero-order chi connectivity index (χ0) is 20.9. The Morgan fingerprint density at radius 3 is 2.47 bits per heavy atom. The zero-order valence-corrected chi connectivity index (χ0v) is 20.4. The summed E-state index contributed by atoms with van der Waals surface area (Å²) in [6.45, 7) is 11.7. The largest absolute Gasteiger partial charge is 0.444 e. The first-order valence-electron chi connectivity index (χ1n) is 9.72. The maximum atomic E-state index is 5.59. The predicted octanol–water partition coefficient (Wildman–Crippen LogP) is 4.20. The van der Waals surface area contributed by atoms with E-state index in [0.717, 1.165) is 17.8 Å². The number of oxazole rings is 1. The predicted molar refractivity (Wildman–Crippen MR) is 127 cm³/mol. The number of nitrogens with one attached hydrogen (secondary N) is 2. The Balaban J connectivity index is 0.00000320. The van der Waals surface area contributed by atoms with Gasteiger partial charge in [-0.05, 0) is 26.0 Å². The molecule has 9 heteroatoms. The number of aliphatic imine (C=N–C) groups is 1. The van der Waals surface area contributed by atoms with Crippen molar-refractivity contribution in [2.45, 2.75) is 53.1 Å². The number of nitrogens with zero attached hydrogens (tertiary/aromatic N) is 4. The highest BCUT2D eigenvalue weighted by atomic mass is 127. The highest BCUT2D eigenvalue weighted by molar-refractivity contribution is 14.0. The van der Waals surface area contributed by atoms with Gasteiger partial charge < -0.3 is 19.6 Å². The Morgan fingerprint density at radius 2 is 1.83 bits per heavy atom. The van der Waals surface area contributed by atoms with Crippen LogP contribution in [-0.4, -0.2) is 27.6 Å². The minimum atomic E-state index is -0.175. The van der Waals surface area contributed by atoms with Gasteiger partial charge in [0.05, 0.1) is 13.1 Å². The number of benzene rings is 1. The van der Waals surface area contributed by atoms with E-state index >= 15 is 0 Å². The van der Waals surface area contributed by atoms with Gasteiger partial charge in [0.25, 0.3) is 0 Å². The van der Waals surface area contributed by atoms with E-state index in [-0.39, 0.29) is 29.4 Å². The van der Waals surface area contributed by atoms with Gasteiger partial charge in [-0.3, -0.25) is 0 Å². The molecule has 0 saturated carbocycles. The van der Waals surface area contributed by atoms with Crippen LogP contribution in [0.25, 0.3) is 11.5 Å². The second kappa shape index (κ2) is 10.6. The van der Waals surface area contributed by atoms with Gasteiger partial charge in [-0.1, -0.05) is 43.6 Å². The first kappa shape index (κ1) is 23.8. The van der Waals surface area contributed by atoms with E-state index < -0.39 is 0 Å². The van der Waals surface area contributed by atoms with Crippen LogP contribution >= 0.6 is 24.0 Å². The molecule has 8 nitrogen and oxygen atoms in total. The zero-order valence-electron chi connectivity index (χ0n) is 18.0. The van der Waals surface area contributed by atoms with Crippen LogP contribution in [0.1, 0.15) is 50.7 Å². The van der Waals surface area contributed by atoms with E-state index in [2.05, 4.69) is 30.8 Å². The molecule has 2 heterocycles. The van der Waals surface area contributed by atoms with Crippen molar-refractivity contribution in [3.63, 3.8) is 0 Å². The molecule has 0 spiro atoms. The number of guanidine groups is 1. The van der Waals surface area contributed by atoms with E-state index in [9.17, 15) is 0 Å². The Labute approximate surface area is 194 Å². The standard InChI is InChI=1S/C21H28N6O2.HI/c1-6-22-20(24-12-17-26-19(29-27-17)21(3,4)5)23-11-16-13-28-18(25-16)15-9-7-14(2)8-10-15;/h7-10,13H,6,11-12H2,1-5H3,(H2,22,23,24);1H. The molecular formula is C21H29IN6O2. The second-order valence-corrected chi connectivity index (χ2v) is 7.82. The normalized spacial score (nSPS) is 11.8. The fraction of sp³-hybridized carbons (Fsp3) is 0.429. The monoisotopic (exact) mass is 524 g/mol. The van der Waals surface area contributed by atoms with E-state index in [1.54, 1.807) is 6.26 Å². The summed E-state index contributed by atoms with van der Waals surface area (Å²) in [7, 11) is 0. The highest BCUT2D eigenvalue weighted by Crippen LogP contribution is 2.20. The molecule has 0 amide bonds. The van der Waals surface area contributed by atoms with Crippen LogP contribution in [0.2, 0.25) is 0 Å². The topological polar surface area (TPSA) is 101 Å². The van der Waals surface area contributed by atoms with E-state index in [1.807, 2.05) is 58.9 Å². The molecule has 30 heavy (non-hydrogen) atoms. The third-order valence-corrected chi connectivity index (χ3v) is 4.12. The van der Waals surface area contributed by atoms with Crippen LogP contribution in [0.4, 0.5) is 0 Å². The summed E-state index contributed by atoms with van der Waals surface area (Å²) in [6, 6.07) is 8.06. The smallest absolute Gasteiger partial charge is 0.232 e. The lowest BCUT2D eigenvalue weighted by atomic mass is 9.97. The molecule has 0 radical (unpaired) electrons. The summed E-state index contributed by atoms with van der Waals surface area (Å²) in [5.74, 6) is 2.44. The summed E-state index contributed by atoms with van der Waals surface area (Å²) in [4.78, 5) is 13.5. The molecule has 0 unspecified atom stereocenters. The Kier molecular flexibility index (Phi) is 8.39. The molecule has 0 atom stereocenters. The summed E-state index contributed by atoms with van der Waals surface area (Å²) in [6.07, 6.45) is 1.64. The molecule has 2 aromatic heterocycles. The van der Waals surface area contributed by atoms with Gasteiger partial charge in [-0.15, -0.1) is 24.0 Å². The van der Waals surface area contributed by atoms with E-state index in [4.69, 9.17) is 8.94 Å². The van der Waals surface area contributed by atoms with Crippen molar-refractivity contribution >= 4 is 29.9 Å². The summed E-state index contributed by atoms with van der Waals surface area (Å²) < 4.78 is 10.9. The quantitative estimate of drug-likeness (QED) is 0.283. The maximum Gasteiger partial charge on any atom is 0.232 e. The first-order chi connectivity index (χ1) is 13.8. The molecule has 0 bridgehead atoms. The Morgan fingerprint density at radius 1 is 1.10 bits per heavy atom. The minimum absolute atomic E-state index is 0. The van der Waals surface area contributed by atoms with Crippen LogP contribution in [0.3, 0.4) is 0 Å². The molecule has 1 aromatic carbocycles. The van der Waals surface area contributed by atoms with E-state index in [0.29, 0.717) is 36.7 Å². The van der Waals surface area contributed by atoms with Crippen LogP contribution in [0.15, 0.2) is 44.5 Å². The molecule has 2 N–H and O–H groups in total. The van der Waals surface area contributed by atoms with Crippen molar-refractivity contribution in [3.8, 4) is 11.5 Å². The molecule has 0 aliphatic heterocycles. The van der Waals surface area contributed by atoms with Gasteiger partial charge in [0, 0.05) is 17.5 Å². The van der Waals surface area contributed by atoms with E-state index in [1.165, 1.54) is 5.56 Å². The fourth-order valence-electron chi connectivity index (χ4n) is 2.50. The van der Waals surface area contributed by atoms with Crippen molar-refractivity contribution in [1.82, 2.24) is 25.8 Å². The summed E-state index contributed by atoms with van der Waals surface area (Å²) in [5, 5.41) is 10.4. The molecule has 0 fully saturated rings. The van der Waals surface area contributed by atoms with Gasteiger partial charge in [0.2, 0.25) is 11.8 Å². The van der Waals surface area contributed by atoms with Crippen molar-refractivity contribution in [1.29, 1.82) is 0 Å². The lowest BCUT2D eigenvalue weighted by Gasteiger charge is -2.10. The Hall–Kier alpha value is -2.43. The summed E-state index contributed by atoms with van der Waals surface area (Å²) >= 11 is 0. The highest BCUT2D eigenvalue weighted by Gasteiger charge is 2.21. The fourth-order valence-corrected chi connectivity index (χ4v) is 2.50. The SMILES string of the molecule is CCNC(=NCc1coc(-c2ccc(C)cc2)n1)NCc1noc(C(C)(C)C)n1.I. The molecule has 0 aliphatic carbocycles. The van der Waals surface area contributed by atoms with Crippen LogP contribution in [0, 0.1) is 6.92 Å². The summed E-state index contributed by atoms with van der Waals surface area (Å²) in [5.41, 5.74) is 2.73. The van der Waals surface area contributed by atoms with Gasteiger partial charge in [0.1, 0.15) is 12.0 Å². The van der Waals surface area contributed by atoms with Gasteiger partial charge >= 0.3 is 0 Å². The first-order valence-corrected chi connectivity index (χ1v) is 9.72. The van der Waals surface area contributed by atoms with Crippen LogP contribution in [0.5, 0.6) is 0 Å². The number of hydrogen-bond donors (Lipinski definition) is 2. The lowest BCUT2D eigenvalue weighted by molar-refractivity contribution is 0.318. The van der Waals surface area contributed by atoms with Gasteiger partial charge in [-0.25, -0.2) is 9.98 Å². The van der Waals surface area contributed by atoms with Crippen LogP contribution in [-0.2, 0) is 18.5 Å². The third-order valence-electron chi connectivity index (χ3n) is 4.12. The number of rotatable bonds is 6. The van der Waals surface area contributed by atoms with Gasteiger partial charge in [-0.2, -0.15) is 4.98 Å². The molecule has 0 saturated heterocycles. The molecule has 162 valence electrons. The Bertz CT molecular complexity index is 957. The van der Waals surface area contributed by atoms with Crippen molar-refractivity contribution in [2.75, 3.05) is 6.54 Å². The molecular weight excluding hydrogens is 495 g/mol. The second-order valence-electron chi connectivity index (χ2n) is 7.82. The molecule has 0 aliphatic rings. The number of halogens is 1. The third kappa shape index (κ3) is 6.54. The lowest BCUT2D eigenvalue weighted by Crippen LogP contribution is -2.37. The van der Waals surface area contributed by atoms with Crippen molar-refractivity contribution in [3.05, 3.63) is 53.5 Å². The minimum Gasteiger partial charge on any atom is -0.444 e. The maximum absolute atomic E-state index is 5.59. The van der Waals surface area contributed by atoms with Crippen LogP contribution < -0.4 is 10.6 Å². The number of aryl methyl sites for hydroxylation is 1.